The quantitative estimate of drug-likeness (QED) is 0.437. The van der Waals surface area contributed by atoms with Crippen molar-refractivity contribution in [3.63, 3.8) is 0 Å². The number of hydrazine groups is 1. The van der Waals surface area contributed by atoms with E-state index in [1.54, 1.807) is 6.34 Å². The van der Waals surface area contributed by atoms with Gasteiger partial charge in [0, 0.05) is 12.4 Å². The van der Waals surface area contributed by atoms with Gasteiger partial charge in [0.25, 0.3) is 0 Å². The van der Waals surface area contributed by atoms with E-state index in [0.29, 0.717) is 0 Å². The van der Waals surface area contributed by atoms with Gasteiger partial charge in [-0.25, -0.2) is 0 Å². The lowest BCUT2D eigenvalue weighted by Gasteiger charge is -2.25. The van der Waals surface area contributed by atoms with Crippen LogP contribution in [-0.4, -0.2) is 61.6 Å². The second kappa shape index (κ2) is 20.6. The van der Waals surface area contributed by atoms with E-state index in [0.717, 1.165) is 12.4 Å². The van der Waals surface area contributed by atoms with E-state index in [2.05, 4.69) is 15.8 Å². The summed E-state index contributed by atoms with van der Waals surface area (Å²) in [6, 6.07) is 0. The number of fused-ring (bicyclic) bond motifs is 1. The van der Waals surface area contributed by atoms with Gasteiger partial charge in [-0.15, -0.1) is 0 Å². The SMILES string of the molecule is C1=CN2C=NCC=C2NN1.O.O.O.O.O.O.O.O. The zero-order valence-electron chi connectivity index (χ0n) is 9.41. The van der Waals surface area contributed by atoms with Gasteiger partial charge >= 0.3 is 0 Å². The molecule has 0 saturated heterocycles. The topological polar surface area (TPSA) is 292 Å². The number of rotatable bonds is 0. The summed E-state index contributed by atoms with van der Waals surface area (Å²) < 4.78 is 0. The van der Waals surface area contributed by atoms with Gasteiger partial charge in [-0.2, -0.15) is 0 Å². The number of nitrogens with zero attached hydrogens (tertiary/aromatic N) is 2. The van der Waals surface area contributed by atoms with E-state index < -0.39 is 0 Å². The van der Waals surface area contributed by atoms with Crippen LogP contribution < -0.4 is 10.9 Å². The van der Waals surface area contributed by atoms with Crippen LogP contribution in [-0.2, 0) is 0 Å². The van der Waals surface area contributed by atoms with Crippen LogP contribution in [0.3, 0.4) is 0 Å². The summed E-state index contributed by atoms with van der Waals surface area (Å²) in [5.41, 5.74) is 5.86. The van der Waals surface area contributed by atoms with Crippen molar-refractivity contribution in [2.75, 3.05) is 6.54 Å². The van der Waals surface area contributed by atoms with Gasteiger partial charge in [-0.3, -0.25) is 15.3 Å². The Morgan fingerprint density at radius 1 is 0.944 bits per heavy atom. The number of hydrogen-bond acceptors (Lipinski definition) is 4. The van der Waals surface area contributed by atoms with Crippen LogP contribution in [0, 0.1) is 0 Å². The summed E-state index contributed by atoms with van der Waals surface area (Å²) in [5, 5.41) is 0. The second-order valence-corrected chi connectivity index (χ2v) is 2.06. The molecule has 18 N–H and O–H groups in total. The van der Waals surface area contributed by atoms with E-state index in [1.165, 1.54) is 0 Å². The Kier molecular flexibility index (Phi) is 50.6. The fourth-order valence-electron chi connectivity index (χ4n) is 0.909. The maximum atomic E-state index is 4.07. The molecule has 0 unspecified atom stereocenters. The molecule has 2 rings (SSSR count). The van der Waals surface area contributed by atoms with Crippen LogP contribution in [0.4, 0.5) is 0 Å². The highest BCUT2D eigenvalue weighted by atomic mass is 16.0. The fraction of sp³-hybridized carbons (Fsp3) is 0.167. The van der Waals surface area contributed by atoms with E-state index in [9.17, 15) is 0 Å². The number of hydrogen-bond donors (Lipinski definition) is 2. The zero-order chi connectivity index (χ0) is 6.81. The molecule has 12 nitrogen and oxygen atoms in total. The van der Waals surface area contributed by atoms with E-state index in [-0.39, 0.29) is 43.8 Å². The largest absolute Gasteiger partial charge is 0.412 e. The van der Waals surface area contributed by atoms with Gasteiger partial charge in [-0.1, -0.05) is 0 Å². The van der Waals surface area contributed by atoms with Crippen LogP contribution >= 0.6 is 0 Å². The number of aliphatic imine (C=N–C) groups is 1. The smallest absolute Gasteiger partial charge is 0.127 e. The third-order valence-electron chi connectivity index (χ3n) is 1.39. The molecule has 12 heteroatoms. The third kappa shape index (κ3) is 9.46. The average Bonchev–Trinajstić information content (AvgIpc) is 2.05. The highest BCUT2D eigenvalue weighted by Crippen LogP contribution is 2.04. The summed E-state index contributed by atoms with van der Waals surface area (Å²) in [7, 11) is 0. The van der Waals surface area contributed by atoms with Crippen molar-refractivity contribution < 1.29 is 43.8 Å². The molecule has 0 spiro atoms. The molecule has 116 valence electrons. The molecule has 2 aliphatic rings. The van der Waals surface area contributed by atoms with Crippen LogP contribution in [0.15, 0.2) is 29.3 Å². The molecule has 2 aliphatic heterocycles. The second-order valence-electron chi connectivity index (χ2n) is 2.06. The van der Waals surface area contributed by atoms with Crippen molar-refractivity contribution in [1.82, 2.24) is 15.8 Å². The Morgan fingerprint density at radius 2 is 1.50 bits per heavy atom. The Labute approximate surface area is 103 Å². The monoisotopic (exact) mass is 280 g/mol. The van der Waals surface area contributed by atoms with Gasteiger partial charge in [0.15, 0.2) is 0 Å². The van der Waals surface area contributed by atoms with Gasteiger partial charge in [0.05, 0.1) is 12.9 Å². The van der Waals surface area contributed by atoms with Gasteiger partial charge in [-0.05, 0) is 6.08 Å². The molecule has 0 aromatic carbocycles. The summed E-state index contributed by atoms with van der Waals surface area (Å²) in [4.78, 5) is 5.98. The molecule has 0 amide bonds. The molecule has 0 atom stereocenters. The van der Waals surface area contributed by atoms with Crippen molar-refractivity contribution in [3.05, 3.63) is 24.3 Å². The number of nitrogens with one attached hydrogen (secondary N) is 2. The minimum Gasteiger partial charge on any atom is -0.412 e. The molecule has 0 radical (unpaired) electrons. The van der Waals surface area contributed by atoms with Crippen LogP contribution in [0.25, 0.3) is 0 Å². The van der Waals surface area contributed by atoms with E-state index >= 15 is 0 Å². The van der Waals surface area contributed by atoms with Gasteiger partial charge in [0.1, 0.15) is 5.82 Å². The maximum Gasteiger partial charge on any atom is 0.127 e. The van der Waals surface area contributed by atoms with Gasteiger partial charge in [0.2, 0.25) is 0 Å². The molecule has 0 aromatic rings. The highest BCUT2D eigenvalue weighted by molar-refractivity contribution is 5.61. The predicted molar refractivity (Wildman–Crippen MR) is 67.6 cm³/mol. The lowest BCUT2D eigenvalue weighted by molar-refractivity contribution is 0.520. The van der Waals surface area contributed by atoms with E-state index in [4.69, 9.17) is 0 Å². The summed E-state index contributed by atoms with van der Waals surface area (Å²) >= 11 is 0. The summed E-state index contributed by atoms with van der Waals surface area (Å²) in [6.45, 7) is 0.758. The molecule has 0 saturated carbocycles. The molecule has 0 fully saturated rings. The molecule has 0 bridgehead atoms. The Morgan fingerprint density at radius 3 is 2.00 bits per heavy atom. The summed E-state index contributed by atoms with van der Waals surface area (Å²) in [6.07, 6.45) is 7.52. The Hall–Kier alpha value is -1.77. The first-order valence-corrected chi connectivity index (χ1v) is 3.13. The lowest BCUT2D eigenvalue weighted by Crippen LogP contribution is -2.39. The summed E-state index contributed by atoms with van der Waals surface area (Å²) in [5.74, 6) is 1.04. The molecule has 18 heavy (non-hydrogen) atoms. The normalized spacial score (nSPS) is 11.6. The minimum atomic E-state index is 0. The first-order chi connectivity index (χ1) is 4.97. The van der Waals surface area contributed by atoms with E-state index in [1.807, 2.05) is 23.4 Å². The first-order valence-electron chi connectivity index (χ1n) is 3.13. The van der Waals surface area contributed by atoms with Gasteiger partial charge < -0.3 is 49.2 Å². The van der Waals surface area contributed by atoms with Crippen LogP contribution in [0.1, 0.15) is 0 Å². The van der Waals surface area contributed by atoms with Crippen molar-refractivity contribution in [3.8, 4) is 0 Å². The third-order valence-corrected chi connectivity index (χ3v) is 1.39. The molecule has 2 heterocycles. The average molecular weight is 280 g/mol. The molecule has 0 aliphatic carbocycles. The van der Waals surface area contributed by atoms with Crippen LogP contribution in [0.5, 0.6) is 0 Å². The predicted octanol–water partition coefficient (Wildman–Crippen LogP) is -6.85. The molecule has 0 aromatic heterocycles. The van der Waals surface area contributed by atoms with Crippen LogP contribution in [0.2, 0.25) is 0 Å². The van der Waals surface area contributed by atoms with Crippen molar-refractivity contribution in [1.29, 1.82) is 0 Å². The highest BCUT2D eigenvalue weighted by Gasteiger charge is 2.08. The molecular formula is C6H24N4O8. The standard InChI is InChI=1S/C6H8N4.8H2O/c1-2-7-5-10-4-3-8-9-6(1)10;;;;;;;;/h1,3-5,8-9H,2H2;8*1H2. The maximum absolute atomic E-state index is 4.07. The lowest BCUT2D eigenvalue weighted by atomic mass is 10.4. The Balaban J connectivity index is -0.0000000302. The van der Waals surface area contributed by atoms with Crippen molar-refractivity contribution in [2.45, 2.75) is 0 Å². The zero-order valence-corrected chi connectivity index (χ0v) is 9.41. The fourth-order valence-corrected chi connectivity index (χ4v) is 0.909. The van der Waals surface area contributed by atoms with Crippen molar-refractivity contribution in [2.24, 2.45) is 4.99 Å². The Bertz CT molecular complexity index is 234. The molecular weight excluding hydrogens is 256 g/mol. The minimum absolute atomic E-state index is 0. The van der Waals surface area contributed by atoms with Crippen molar-refractivity contribution >= 4 is 6.34 Å². The first kappa shape index (κ1) is 44.2.